The number of nitrogens with zero attached hydrogens (tertiary/aromatic N) is 2. The van der Waals surface area contributed by atoms with Crippen LogP contribution in [0.3, 0.4) is 0 Å². The number of sulfonamides is 1. The molecule has 0 heterocycles. The first-order valence-electron chi connectivity index (χ1n) is 15.2. The SMILES string of the molecule is CC1(C)[C@@H]2CC[C@@]1(CS(=O)(=O)N(C1CCCCC1)C1CCCCC1)[C@H](O/C([O-])=C(\C#N)Cc1ccccc1)C2.[Li+]. The Morgan fingerprint density at radius 1 is 1.00 bits per heavy atom. The fourth-order valence-electron chi connectivity index (χ4n) is 8.49. The Kier molecular flexibility index (Phi) is 10.1. The summed E-state index contributed by atoms with van der Waals surface area (Å²) in [6, 6.07) is 11.7. The molecule has 0 amide bonds. The zero-order chi connectivity index (χ0) is 27.7. The summed E-state index contributed by atoms with van der Waals surface area (Å²) in [5.41, 5.74) is 0.0568. The van der Waals surface area contributed by atoms with Gasteiger partial charge >= 0.3 is 18.9 Å². The molecule has 4 aliphatic carbocycles. The first-order valence-corrected chi connectivity index (χ1v) is 16.8. The van der Waals surface area contributed by atoms with Gasteiger partial charge in [-0.05, 0) is 61.8 Å². The third-order valence-corrected chi connectivity index (χ3v) is 13.0. The van der Waals surface area contributed by atoms with E-state index in [0.717, 1.165) is 69.8 Å². The molecule has 0 saturated heterocycles. The molecule has 0 unspecified atom stereocenters. The van der Waals surface area contributed by atoms with Gasteiger partial charge in [0, 0.05) is 30.0 Å². The second-order valence-electron chi connectivity index (χ2n) is 13.2. The molecule has 40 heavy (non-hydrogen) atoms. The number of nitriles is 1. The molecule has 0 spiro atoms. The summed E-state index contributed by atoms with van der Waals surface area (Å²) in [6.07, 6.45) is 12.7. The maximum atomic E-state index is 14.5. The Labute approximate surface area is 253 Å². The molecule has 1 aromatic carbocycles. The average Bonchev–Trinajstić information content (AvgIpc) is 3.28. The first-order chi connectivity index (χ1) is 18.7. The van der Waals surface area contributed by atoms with Crippen molar-refractivity contribution in [2.45, 2.75) is 122 Å². The van der Waals surface area contributed by atoms with Gasteiger partial charge in [0.25, 0.3) is 0 Å². The summed E-state index contributed by atoms with van der Waals surface area (Å²) in [5.74, 6) is -0.250. The molecule has 0 aliphatic heterocycles. The van der Waals surface area contributed by atoms with Gasteiger partial charge in [0.1, 0.15) is 0 Å². The molecule has 0 aromatic heterocycles. The molecular formula is C32H45LiN2O4S. The second-order valence-corrected chi connectivity index (χ2v) is 15.0. The van der Waals surface area contributed by atoms with Crippen molar-refractivity contribution in [1.82, 2.24) is 4.31 Å². The third kappa shape index (κ3) is 6.03. The van der Waals surface area contributed by atoms with Gasteiger partial charge < -0.3 is 9.84 Å². The Bertz CT molecular complexity index is 1170. The summed E-state index contributed by atoms with van der Waals surface area (Å²) < 4.78 is 37.2. The Morgan fingerprint density at radius 2 is 1.57 bits per heavy atom. The van der Waals surface area contributed by atoms with E-state index < -0.39 is 27.5 Å². The summed E-state index contributed by atoms with van der Waals surface area (Å²) >= 11 is 0. The van der Waals surface area contributed by atoms with Gasteiger partial charge in [-0.3, -0.25) is 0 Å². The number of benzene rings is 1. The van der Waals surface area contributed by atoms with Gasteiger partial charge in [-0.2, -0.15) is 9.57 Å². The van der Waals surface area contributed by atoms with Crippen molar-refractivity contribution < 1.29 is 37.1 Å². The maximum Gasteiger partial charge on any atom is 1.00 e. The molecular weight excluding hydrogens is 515 g/mol. The van der Waals surface area contributed by atoms with Crippen LogP contribution in [0, 0.1) is 28.1 Å². The summed E-state index contributed by atoms with van der Waals surface area (Å²) in [7, 11) is -3.59. The number of rotatable bonds is 9. The van der Waals surface area contributed by atoms with E-state index >= 15 is 0 Å². The van der Waals surface area contributed by atoms with Crippen LogP contribution in [0.2, 0.25) is 0 Å². The minimum atomic E-state index is -3.59. The molecule has 4 saturated carbocycles. The van der Waals surface area contributed by atoms with Crippen LogP contribution >= 0.6 is 0 Å². The molecule has 214 valence electrons. The quantitative estimate of drug-likeness (QED) is 0.263. The van der Waals surface area contributed by atoms with Crippen molar-refractivity contribution in [3.8, 4) is 6.07 Å². The van der Waals surface area contributed by atoms with Crippen LogP contribution in [0.1, 0.15) is 103 Å². The number of fused-ring (bicyclic) bond motifs is 2. The standard InChI is InChI=1S/C32H46N2O4S.Li/c1-31(2)26-18-19-32(31,29(21-26)38-30(35)25(22-33)20-24-12-6-3-7-13-24)23-39(36,37)34(27-14-8-4-9-15-27)28-16-10-5-11-17-28;/h3,6-7,12-13,26-29,35H,4-5,8-11,14-21,23H2,1-2H3;/q;+1/p-1/b30-25-;/t26-,29-,32-;/m1./s1. The predicted octanol–water partition coefficient (Wildman–Crippen LogP) is 2.84. The zero-order valence-electron chi connectivity index (χ0n) is 24.7. The summed E-state index contributed by atoms with van der Waals surface area (Å²) in [6.45, 7) is 4.36. The normalized spacial score (nSPS) is 29.4. The molecule has 0 N–H and O–H groups in total. The summed E-state index contributed by atoms with van der Waals surface area (Å²) in [5, 5.41) is 23.1. The van der Waals surface area contributed by atoms with Gasteiger partial charge in [-0.25, -0.2) is 8.42 Å². The van der Waals surface area contributed by atoms with Crippen molar-refractivity contribution in [3.05, 3.63) is 47.4 Å². The van der Waals surface area contributed by atoms with Crippen molar-refractivity contribution >= 4 is 10.0 Å². The van der Waals surface area contributed by atoms with Gasteiger partial charge in [0.05, 0.1) is 23.3 Å². The van der Waals surface area contributed by atoms with E-state index in [1.54, 1.807) is 0 Å². The van der Waals surface area contributed by atoms with Crippen LogP contribution in [0.15, 0.2) is 41.9 Å². The van der Waals surface area contributed by atoms with Crippen molar-refractivity contribution in [2.24, 2.45) is 16.7 Å². The van der Waals surface area contributed by atoms with Crippen LogP contribution in [-0.4, -0.2) is 36.7 Å². The van der Waals surface area contributed by atoms with E-state index in [1.807, 2.05) is 34.6 Å². The molecule has 2 bridgehead atoms. The first kappa shape index (κ1) is 31.5. The van der Waals surface area contributed by atoms with Gasteiger partial charge in [-0.1, -0.05) is 82.7 Å². The van der Waals surface area contributed by atoms with Crippen molar-refractivity contribution in [2.75, 3.05) is 5.75 Å². The van der Waals surface area contributed by atoms with Crippen LogP contribution in [0.25, 0.3) is 0 Å². The predicted molar refractivity (Wildman–Crippen MR) is 151 cm³/mol. The monoisotopic (exact) mass is 560 g/mol. The van der Waals surface area contributed by atoms with Gasteiger partial charge in [0.15, 0.2) is 0 Å². The molecule has 1 aromatic rings. The van der Waals surface area contributed by atoms with E-state index in [-0.39, 0.29) is 54.1 Å². The topological polar surface area (TPSA) is 93.5 Å². The molecule has 5 rings (SSSR count). The van der Waals surface area contributed by atoms with Crippen molar-refractivity contribution in [3.63, 3.8) is 0 Å². The Morgan fingerprint density at radius 3 is 2.10 bits per heavy atom. The second kappa shape index (κ2) is 12.8. The third-order valence-electron chi connectivity index (χ3n) is 10.8. The van der Waals surface area contributed by atoms with Gasteiger partial charge in [-0.15, -0.1) is 0 Å². The Balaban J connectivity index is 0.00000370. The summed E-state index contributed by atoms with van der Waals surface area (Å²) in [4.78, 5) is 0. The van der Waals surface area contributed by atoms with E-state index in [9.17, 15) is 18.8 Å². The zero-order valence-corrected chi connectivity index (χ0v) is 25.6. The fourth-order valence-corrected chi connectivity index (χ4v) is 11.3. The van der Waals surface area contributed by atoms with Crippen LogP contribution in [0.4, 0.5) is 0 Å². The average molecular weight is 561 g/mol. The van der Waals surface area contributed by atoms with Crippen LogP contribution < -0.4 is 24.0 Å². The fraction of sp³-hybridized carbons (Fsp3) is 0.719. The number of hydrogen-bond donors (Lipinski definition) is 0. The largest absolute Gasteiger partial charge is 1.00 e. The number of hydrogen-bond acceptors (Lipinski definition) is 5. The van der Waals surface area contributed by atoms with Crippen LogP contribution in [0.5, 0.6) is 0 Å². The molecule has 3 atom stereocenters. The number of ether oxygens (including phenoxy) is 1. The Hall–Kier alpha value is -1.44. The van der Waals surface area contributed by atoms with Gasteiger partial charge in [0.2, 0.25) is 10.0 Å². The smallest absolute Gasteiger partial charge is 0.609 e. The van der Waals surface area contributed by atoms with E-state index in [0.29, 0.717) is 12.3 Å². The van der Waals surface area contributed by atoms with Crippen molar-refractivity contribution in [1.29, 1.82) is 5.26 Å². The molecule has 4 aliphatic rings. The van der Waals surface area contributed by atoms with Crippen LogP contribution in [-0.2, 0) is 21.2 Å². The molecule has 0 radical (unpaired) electrons. The minimum absolute atomic E-state index is 0. The maximum absolute atomic E-state index is 14.5. The minimum Gasteiger partial charge on any atom is -0.609 e. The van der Waals surface area contributed by atoms with E-state index in [2.05, 4.69) is 19.9 Å². The molecule has 6 nitrogen and oxygen atoms in total. The van der Waals surface area contributed by atoms with E-state index in [4.69, 9.17) is 4.74 Å². The number of allylic oxidation sites excluding steroid dienone is 1. The molecule has 4 fully saturated rings. The molecule has 8 heteroatoms. The van der Waals surface area contributed by atoms with E-state index in [1.165, 1.54) is 12.8 Å².